The predicted octanol–water partition coefficient (Wildman–Crippen LogP) is 5.26. The molecule has 0 atom stereocenters. The maximum Gasteiger partial charge on any atom is 0.340 e. The highest BCUT2D eigenvalue weighted by atomic mass is 79.9. The molecule has 3 aromatic rings. The zero-order valence-electron chi connectivity index (χ0n) is 18.6. The number of nitrogens with zero attached hydrogens (tertiary/aromatic N) is 2. The van der Waals surface area contributed by atoms with Crippen molar-refractivity contribution in [2.24, 2.45) is 10.9 Å². The van der Waals surface area contributed by atoms with Gasteiger partial charge in [-0.1, -0.05) is 13.3 Å². The summed E-state index contributed by atoms with van der Waals surface area (Å²) in [6.07, 6.45) is 3.56. The van der Waals surface area contributed by atoms with Crippen LogP contribution in [0, 0.1) is 0 Å². The number of benzene rings is 2. The molecule has 170 valence electrons. The van der Waals surface area contributed by atoms with E-state index in [1.54, 1.807) is 20.2 Å². The summed E-state index contributed by atoms with van der Waals surface area (Å²) in [6, 6.07) is 11.3. The van der Waals surface area contributed by atoms with Crippen LogP contribution in [0.4, 0.5) is 0 Å². The first-order valence-electron chi connectivity index (χ1n) is 10.6. The van der Waals surface area contributed by atoms with Crippen LogP contribution >= 0.6 is 15.9 Å². The highest BCUT2D eigenvalue weighted by Crippen LogP contribution is 2.36. The van der Waals surface area contributed by atoms with Crippen LogP contribution in [0.5, 0.6) is 11.5 Å². The van der Waals surface area contributed by atoms with E-state index in [4.69, 9.17) is 20.1 Å². The van der Waals surface area contributed by atoms with Crippen LogP contribution < -0.4 is 15.3 Å². The van der Waals surface area contributed by atoms with Crippen molar-refractivity contribution in [3.05, 3.63) is 57.7 Å². The topological polar surface area (TPSA) is 88.1 Å². The number of aromatic nitrogens is 1. The van der Waals surface area contributed by atoms with Crippen molar-refractivity contribution in [1.82, 2.24) is 4.57 Å². The smallest absolute Gasteiger partial charge is 0.340 e. The van der Waals surface area contributed by atoms with Gasteiger partial charge in [-0.3, -0.25) is 0 Å². The quantitative estimate of drug-likeness (QED) is 0.177. The summed E-state index contributed by atoms with van der Waals surface area (Å²) in [5.74, 6) is 6.17. The van der Waals surface area contributed by atoms with E-state index in [1.165, 1.54) is 0 Å². The fraction of sp³-hybridized carbons (Fsp3) is 0.333. The Morgan fingerprint density at radius 1 is 1.22 bits per heavy atom. The van der Waals surface area contributed by atoms with Crippen LogP contribution in [0.3, 0.4) is 0 Å². The third kappa shape index (κ3) is 5.07. The van der Waals surface area contributed by atoms with Crippen LogP contribution in [0.2, 0.25) is 0 Å². The SMILES string of the molecule is CCCCn1c(COc2ccc(/C=N\N)cc2)c(C(=O)OCC)c2cc(OC)c(Br)cc21. The zero-order chi connectivity index (χ0) is 23.1. The Bertz CT molecular complexity index is 1110. The molecule has 0 amide bonds. The summed E-state index contributed by atoms with van der Waals surface area (Å²) in [4.78, 5) is 13.0. The Kier molecular flexibility index (Phi) is 8.16. The summed E-state index contributed by atoms with van der Waals surface area (Å²) in [7, 11) is 1.60. The normalized spacial score (nSPS) is 11.2. The number of nitrogens with two attached hydrogens (primary N) is 1. The summed E-state index contributed by atoms with van der Waals surface area (Å²) < 4.78 is 19.9. The van der Waals surface area contributed by atoms with E-state index >= 15 is 0 Å². The van der Waals surface area contributed by atoms with Gasteiger partial charge in [-0.05, 0) is 71.2 Å². The van der Waals surface area contributed by atoms with Crippen LogP contribution in [0.1, 0.15) is 48.3 Å². The van der Waals surface area contributed by atoms with Crippen LogP contribution in [0.25, 0.3) is 10.9 Å². The standard InChI is InChI=1S/C24H28BrN3O4/c1-4-6-11-28-20-13-19(25)22(30-3)12-18(20)23(24(29)31-5-2)21(28)15-32-17-9-7-16(8-10-17)14-27-26/h7-10,12-14H,4-6,11,15,26H2,1-3H3/b27-14-. The molecule has 0 aliphatic rings. The van der Waals surface area contributed by atoms with Gasteiger partial charge in [0.1, 0.15) is 18.1 Å². The van der Waals surface area contributed by atoms with Crippen molar-refractivity contribution in [3.63, 3.8) is 0 Å². The van der Waals surface area contributed by atoms with Crippen molar-refractivity contribution in [2.75, 3.05) is 13.7 Å². The molecule has 0 aliphatic heterocycles. The molecule has 0 bridgehead atoms. The minimum atomic E-state index is -0.370. The number of aryl methyl sites for hydroxylation is 1. The number of ether oxygens (including phenoxy) is 3. The molecule has 32 heavy (non-hydrogen) atoms. The number of hydrogen-bond acceptors (Lipinski definition) is 6. The van der Waals surface area contributed by atoms with Crippen LogP contribution in [0.15, 0.2) is 46.0 Å². The van der Waals surface area contributed by atoms with E-state index in [0.29, 0.717) is 23.7 Å². The lowest BCUT2D eigenvalue weighted by atomic mass is 10.1. The lowest BCUT2D eigenvalue weighted by Crippen LogP contribution is -2.13. The first-order chi connectivity index (χ1) is 15.5. The highest BCUT2D eigenvalue weighted by Gasteiger charge is 2.25. The molecule has 8 heteroatoms. The van der Waals surface area contributed by atoms with Crippen molar-refractivity contribution in [2.45, 2.75) is 39.8 Å². The molecule has 2 N–H and O–H groups in total. The molecule has 3 rings (SSSR count). The number of halogens is 1. The van der Waals surface area contributed by atoms with E-state index in [-0.39, 0.29) is 12.6 Å². The molecule has 1 heterocycles. The Labute approximate surface area is 196 Å². The second-order valence-corrected chi connectivity index (χ2v) is 8.04. The molecule has 0 saturated carbocycles. The lowest BCUT2D eigenvalue weighted by Gasteiger charge is -2.13. The number of methoxy groups -OCH3 is 1. The Balaban J connectivity index is 2.09. The number of carbonyl (C=O) groups is 1. The van der Waals surface area contributed by atoms with Gasteiger partial charge >= 0.3 is 5.97 Å². The third-order valence-electron chi connectivity index (χ3n) is 5.14. The van der Waals surface area contributed by atoms with Gasteiger partial charge in [0.15, 0.2) is 0 Å². The molecular formula is C24H28BrN3O4. The van der Waals surface area contributed by atoms with Crippen molar-refractivity contribution in [1.29, 1.82) is 0 Å². The van der Waals surface area contributed by atoms with Crippen molar-refractivity contribution >= 4 is 39.0 Å². The van der Waals surface area contributed by atoms with Crippen molar-refractivity contribution in [3.8, 4) is 11.5 Å². The second kappa shape index (κ2) is 11.0. The zero-order valence-corrected chi connectivity index (χ0v) is 20.1. The van der Waals surface area contributed by atoms with Gasteiger partial charge in [-0.25, -0.2) is 4.79 Å². The molecule has 0 spiro atoms. The monoisotopic (exact) mass is 501 g/mol. The van der Waals surface area contributed by atoms with Gasteiger partial charge in [0, 0.05) is 11.9 Å². The largest absolute Gasteiger partial charge is 0.496 e. The molecule has 2 aromatic carbocycles. The molecule has 7 nitrogen and oxygen atoms in total. The van der Waals surface area contributed by atoms with E-state index in [0.717, 1.165) is 46.0 Å². The van der Waals surface area contributed by atoms with Gasteiger partial charge < -0.3 is 24.6 Å². The average Bonchev–Trinajstić information content (AvgIpc) is 3.09. The van der Waals surface area contributed by atoms with Gasteiger partial charge in [0.25, 0.3) is 0 Å². The van der Waals surface area contributed by atoms with E-state index < -0.39 is 0 Å². The average molecular weight is 502 g/mol. The van der Waals surface area contributed by atoms with Crippen molar-refractivity contribution < 1.29 is 19.0 Å². The van der Waals surface area contributed by atoms with Gasteiger partial charge in [-0.2, -0.15) is 5.10 Å². The number of hydrogen-bond donors (Lipinski definition) is 1. The molecule has 0 radical (unpaired) electrons. The molecule has 0 unspecified atom stereocenters. The second-order valence-electron chi connectivity index (χ2n) is 7.19. The van der Waals surface area contributed by atoms with E-state index in [1.807, 2.05) is 36.4 Å². The Morgan fingerprint density at radius 3 is 2.59 bits per heavy atom. The number of esters is 1. The first-order valence-corrected chi connectivity index (χ1v) is 11.3. The highest BCUT2D eigenvalue weighted by molar-refractivity contribution is 9.10. The predicted molar refractivity (Wildman–Crippen MR) is 130 cm³/mol. The lowest BCUT2D eigenvalue weighted by molar-refractivity contribution is 0.0525. The Hall–Kier alpha value is -3.00. The van der Waals surface area contributed by atoms with E-state index in [9.17, 15) is 4.79 Å². The maximum absolute atomic E-state index is 13.0. The number of fused-ring (bicyclic) bond motifs is 1. The van der Waals surface area contributed by atoms with Crippen LogP contribution in [-0.4, -0.2) is 30.5 Å². The summed E-state index contributed by atoms with van der Waals surface area (Å²) in [6.45, 7) is 5.21. The summed E-state index contributed by atoms with van der Waals surface area (Å²) in [5, 5.41) is 4.31. The molecule has 0 fully saturated rings. The summed E-state index contributed by atoms with van der Waals surface area (Å²) in [5.41, 5.74) is 3.10. The maximum atomic E-state index is 13.0. The van der Waals surface area contributed by atoms with Gasteiger partial charge in [-0.15, -0.1) is 0 Å². The van der Waals surface area contributed by atoms with Gasteiger partial charge in [0.2, 0.25) is 0 Å². The fourth-order valence-electron chi connectivity index (χ4n) is 3.60. The first kappa shape index (κ1) is 23.7. The van der Waals surface area contributed by atoms with E-state index in [2.05, 4.69) is 32.5 Å². The number of hydrazone groups is 1. The molecule has 0 aliphatic carbocycles. The number of rotatable bonds is 10. The number of carbonyl (C=O) groups excluding carboxylic acids is 1. The fourth-order valence-corrected chi connectivity index (χ4v) is 4.09. The molecule has 0 saturated heterocycles. The molecule has 1 aromatic heterocycles. The molecular weight excluding hydrogens is 474 g/mol. The van der Waals surface area contributed by atoms with Crippen LogP contribution in [-0.2, 0) is 17.9 Å². The number of unbranched alkanes of at least 4 members (excludes halogenated alkanes) is 1. The third-order valence-corrected chi connectivity index (χ3v) is 5.76. The Morgan fingerprint density at radius 2 is 1.97 bits per heavy atom. The minimum absolute atomic E-state index is 0.219. The van der Waals surface area contributed by atoms with Gasteiger partial charge in [0.05, 0.1) is 41.2 Å². The summed E-state index contributed by atoms with van der Waals surface area (Å²) >= 11 is 3.57. The minimum Gasteiger partial charge on any atom is -0.496 e.